The summed E-state index contributed by atoms with van der Waals surface area (Å²) in [5.74, 6) is 2.99. The van der Waals surface area contributed by atoms with E-state index in [1.165, 1.54) is 0 Å². The molecular formula is C26H30N4O7S. The van der Waals surface area contributed by atoms with E-state index in [0.29, 0.717) is 49.1 Å². The van der Waals surface area contributed by atoms with E-state index in [1.54, 1.807) is 26.4 Å². The van der Waals surface area contributed by atoms with Crippen LogP contribution in [-0.4, -0.2) is 55.8 Å². The second kappa shape index (κ2) is 11.2. The highest BCUT2D eigenvalue weighted by Crippen LogP contribution is 2.34. The predicted molar refractivity (Wildman–Crippen MR) is 141 cm³/mol. The lowest BCUT2D eigenvalue weighted by Crippen LogP contribution is -2.49. The Balaban J connectivity index is 1.06. The summed E-state index contributed by atoms with van der Waals surface area (Å²) in [6, 6.07) is 11.3. The van der Waals surface area contributed by atoms with Crippen LogP contribution in [0.2, 0.25) is 0 Å². The molecule has 2 aromatic carbocycles. The molecule has 0 atom stereocenters. The van der Waals surface area contributed by atoms with Gasteiger partial charge in [0.2, 0.25) is 12.7 Å². The Morgan fingerprint density at radius 2 is 1.71 bits per heavy atom. The Labute approximate surface area is 225 Å². The number of piperidine rings is 1. The highest BCUT2D eigenvalue weighted by molar-refractivity contribution is 7.80. The van der Waals surface area contributed by atoms with E-state index in [1.807, 2.05) is 30.3 Å². The number of hydrogen-bond donors (Lipinski definition) is 3. The zero-order chi connectivity index (χ0) is 26.5. The molecule has 3 aliphatic heterocycles. The van der Waals surface area contributed by atoms with Gasteiger partial charge in [0.05, 0.1) is 14.2 Å². The molecule has 3 heterocycles. The lowest BCUT2D eigenvalue weighted by molar-refractivity contribution is -0.0742. The second-order valence-corrected chi connectivity index (χ2v) is 9.43. The molecule has 3 aliphatic rings. The molecule has 1 amide bonds. The average molecular weight is 543 g/mol. The number of likely N-dealkylation sites (tertiary alicyclic amines) is 1. The van der Waals surface area contributed by atoms with Gasteiger partial charge in [-0.1, -0.05) is 12.1 Å². The summed E-state index contributed by atoms with van der Waals surface area (Å²) in [4.78, 5) is 20.3. The first-order valence-electron chi connectivity index (χ1n) is 12.2. The van der Waals surface area contributed by atoms with Crippen molar-refractivity contribution in [2.75, 3.05) is 34.1 Å². The number of amides is 1. The van der Waals surface area contributed by atoms with Crippen molar-refractivity contribution in [2.24, 2.45) is 0 Å². The lowest BCUT2D eigenvalue weighted by atomic mass is 9.92. The highest BCUT2D eigenvalue weighted by atomic mass is 32.1. The fraction of sp³-hybridized carbons (Fsp3) is 0.385. The molecule has 1 spiro atoms. The molecule has 202 valence electrons. The smallest absolute Gasteiger partial charge is 0.414 e. The number of carbonyl (C=O) groups is 1. The van der Waals surface area contributed by atoms with Gasteiger partial charge in [-0.15, -0.1) is 0 Å². The van der Waals surface area contributed by atoms with Crippen LogP contribution in [0, 0.1) is 0 Å². The molecular weight excluding hydrogens is 512 g/mol. The van der Waals surface area contributed by atoms with Crippen LogP contribution in [0.1, 0.15) is 24.0 Å². The standard InChI is InChI=1S/C26H30N4O7S/c1-32-19-5-3-17(11-21(19)33-2)15-28-25(31)36-23-13-26(37-29-23)7-9-30(10-8-26)24(38)27-14-18-4-6-20-22(12-18)35-16-34-20/h3-6,11-13,29H,7-10,14-16H2,1-2H3,(H,27,38)(H,28,31). The quantitative estimate of drug-likeness (QED) is 0.449. The first kappa shape index (κ1) is 25.7. The Bertz CT molecular complexity index is 1230. The van der Waals surface area contributed by atoms with Crippen molar-refractivity contribution in [3.8, 4) is 23.0 Å². The van der Waals surface area contributed by atoms with Gasteiger partial charge < -0.3 is 39.2 Å². The van der Waals surface area contributed by atoms with Crippen LogP contribution in [0.5, 0.6) is 23.0 Å². The molecule has 38 heavy (non-hydrogen) atoms. The third-order valence-corrected chi connectivity index (χ3v) is 7.02. The van der Waals surface area contributed by atoms with E-state index in [2.05, 4.69) is 21.0 Å². The number of hydroxylamine groups is 1. The number of rotatable bonds is 7. The molecule has 1 fully saturated rings. The molecule has 0 aliphatic carbocycles. The summed E-state index contributed by atoms with van der Waals surface area (Å²) >= 11 is 5.61. The van der Waals surface area contributed by atoms with Crippen molar-refractivity contribution in [1.82, 2.24) is 21.0 Å². The number of thiocarbonyl (C=S) groups is 1. The van der Waals surface area contributed by atoms with E-state index >= 15 is 0 Å². The summed E-state index contributed by atoms with van der Waals surface area (Å²) in [5.41, 5.74) is 4.09. The Morgan fingerprint density at radius 1 is 1.00 bits per heavy atom. The van der Waals surface area contributed by atoms with Crippen molar-refractivity contribution in [3.05, 3.63) is 59.5 Å². The lowest BCUT2D eigenvalue weighted by Gasteiger charge is -2.37. The average Bonchev–Trinajstić information content (AvgIpc) is 3.57. The molecule has 5 rings (SSSR count). The number of fused-ring (bicyclic) bond motifs is 1. The molecule has 0 bridgehead atoms. The van der Waals surface area contributed by atoms with Crippen LogP contribution < -0.4 is 35.1 Å². The van der Waals surface area contributed by atoms with E-state index in [9.17, 15) is 4.79 Å². The van der Waals surface area contributed by atoms with Gasteiger partial charge in [-0.3, -0.25) is 4.84 Å². The maximum absolute atomic E-state index is 12.3. The number of nitrogens with zero attached hydrogens (tertiary/aromatic N) is 1. The number of ether oxygens (including phenoxy) is 5. The zero-order valence-corrected chi connectivity index (χ0v) is 22.0. The maximum atomic E-state index is 12.3. The van der Waals surface area contributed by atoms with Crippen molar-refractivity contribution < 1.29 is 33.3 Å². The number of nitrogens with one attached hydrogen (secondary N) is 3. The predicted octanol–water partition coefficient (Wildman–Crippen LogP) is 2.94. The molecule has 11 nitrogen and oxygen atoms in total. The van der Waals surface area contributed by atoms with Gasteiger partial charge in [-0.25, -0.2) is 10.3 Å². The fourth-order valence-electron chi connectivity index (χ4n) is 4.48. The van der Waals surface area contributed by atoms with Gasteiger partial charge >= 0.3 is 6.09 Å². The van der Waals surface area contributed by atoms with Crippen LogP contribution >= 0.6 is 12.2 Å². The minimum absolute atomic E-state index is 0.252. The van der Waals surface area contributed by atoms with E-state index in [-0.39, 0.29) is 19.2 Å². The zero-order valence-electron chi connectivity index (χ0n) is 21.2. The molecule has 3 N–H and O–H groups in total. The van der Waals surface area contributed by atoms with Gasteiger partial charge in [0.25, 0.3) is 0 Å². The van der Waals surface area contributed by atoms with Gasteiger partial charge in [-0.05, 0) is 47.6 Å². The topological polar surface area (TPSA) is 112 Å². The number of carbonyl (C=O) groups excluding carboxylic acids is 1. The SMILES string of the molecule is COc1ccc(CNC(=O)OC2=CC3(CCN(C(=S)NCc4ccc5c(c4)OCO5)CC3)ON2)cc1OC. The van der Waals surface area contributed by atoms with Crippen LogP contribution in [0.4, 0.5) is 4.79 Å². The third-order valence-electron chi connectivity index (χ3n) is 6.61. The molecule has 0 unspecified atom stereocenters. The van der Waals surface area contributed by atoms with Gasteiger partial charge in [-0.2, -0.15) is 0 Å². The van der Waals surface area contributed by atoms with Crippen LogP contribution in [0.15, 0.2) is 48.4 Å². The molecule has 12 heteroatoms. The van der Waals surface area contributed by atoms with Crippen molar-refractivity contribution in [1.29, 1.82) is 0 Å². The number of hydrogen-bond acceptors (Lipinski definition) is 9. The van der Waals surface area contributed by atoms with Crippen LogP contribution in [0.25, 0.3) is 0 Å². The molecule has 0 saturated carbocycles. The van der Waals surface area contributed by atoms with Gasteiger partial charge in [0.1, 0.15) is 5.60 Å². The molecule has 2 aromatic rings. The maximum Gasteiger partial charge on any atom is 0.414 e. The minimum atomic E-state index is -0.592. The van der Waals surface area contributed by atoms with Crippen LogP contribution in [0.3, 0.4) is 0 Å². The molecule has 0 aromatic heterocycles. The van der Waals surface area contributed by atoms with E-state index < -0.39 is 11.7 Å². The summed E-state index contributed by atoms with van der Waals surface area (Å²) in [5, 5.41) is 6.72. The van der Waals surface area contributed by atoms with Gasteiger partial charge in [0.15, 0.2) is 28.1 Å². The highest BCUT2D eigenvalue weighted by Gasteiger charge is 2.40. The summed E-state index contributed by atoms with van der Waals surface area (Å²) in [6.45, 7) is 2.51. The largest absolute Gasteiger partial charge is 0.493 e. The fourth-order valence-corrected chi connectivity index (χ4v) is 4.73. The monoisotopic (exact) mass is 542 g/mol. The number of alkyl carbamates (subject to hydrolysis) is 1. The Morgan fingerprint density at radius 3 is 2.50 bits per heavy atom. The Kier molecular flexibility index (Phi) is 7.61. The molecule has 1 saturated heterocycles. The van der Waals surface area contributed by atoms with Crippen molar-refractivity contribution >= 4 is 23.4 Å². The third kappa shape index (κ3) is 5.81. The van der Waals surface area contributed by atoms with Gasteiger partial charge in [0, 0.05) is 45.1 Å². The summed E-state index contributed by atoms with van der Waals surface area (Å²) in [7, 11) is 3.13. The van der Waals surface area contributed by atoms with E-state index in [0.717, 1.165) is 22.6 Å². The minimum Gasteiger partial charge on any atom is -0.493 e. The number of benzene rings is 2. The van der Waals surface area contributed by atoms with Crippen LogP contribution in [-0.2, 0) is 22.7 Å². The first-order valence-corrected chi connectivity index (χ1v) is 12.6. The summed E-state index contributed by atoms with van der Waals surface area (Å²) in [6.07, 6.45) is 2.60. The van der Waals surface area contributed by atoms with Crippen molar-refractivity contribution in [3.63, 3.8) is 0 Å². The second-order valence-electron chi connectivity index (χ2n) is 9.04. The molecule has 0 radical (unpaired) electrons. The van der Waals surface area contributed by atoms with E-state index in [4.69, 9.17) is 40.7 Å². The van der Waals surface area contributed by atoms with Crippen molar-refractivity contribution in [2.45, 2.75) is 31.5 Å². The number of methoxy groups -OCH3 is 2. The Hall–Kier alpha value is -3.90. The normalized spacial score (nSPS) is 16.9. The first-order chi connectivity index (χ1) is 18.5. The summed E-state index contributed by atoms with van der Waals surface area (Å²) < 4.78 is 26.7.